The fourth-order valence-electron chi connectivity index (χ4n) is 2.01. The number of nitrogens with zero attached hydrogens (tertiary/aromatic N) is 1. The molecule has 6 nitrogen and oxygen atoms in total. The van der Waals surface area contributed by atoms with E-state index in [2.05, 4.69) is 5.32 Å². The maximum Gasteiger partial charge on any atom is 0.324 e. The molecule has 0 saturated carbocycles. The van der Waals surface area contributed by atoms with Crippen molar-refractivity contribution in [2.75, 3.05) is 13.1 Å². The highest BCUT2D eigenvalue weighted by Gasteiger charge is 2.29. The molecule has 1 heterocycles. The van der Waals surface area contributed by atoms with E-state index in [9.17, 15) is 9.59 Å². The Bertz CT molecular complexity index is 483. The smallest absolute Gasteiger partial charge is 0.324 e. The molecule has 2 rings (SSSR count). The average molecular weight is 277 g/mol. The van der Waals surface area contributed by atoms with Crippen LogP contribution in [0.5, 0.6) is 5.75 Å². The number of amides is 3. The van der Waals surface area contributed by atoms with Crippen LogP contribution >= 0.6 is 0 Å². The summed E-state index contributed by atoms with van der Waals surface area (Å²) < 4.78 is 5.55. The summed E-state index contributed by atoms with van der Waals surface area (Å²) in [6.45, 7) is 4.14. The molecule has 0 radical (unpaired) electrons. The van der Waals surface area contributed by atoms with Gasteiger partial charge in [-0.2, -0.15) is 0 Å². The molecule has 1 aromatic carbocycles. The van der Waals surface area contributed by atoms with Crippen LogP contribution in [0.3, 0.4) is 0 Å². The maximum absolute atomic E-state index is 11.5. The van der Waals surface area contributed by atoms with Gasteiger partial charge in [0.1, 0.15) is 5.75 Å². The second-order valence-corrected chi connectivity index (χ2v) is 5.01. The number of benzene rings is 1. The first-order valence-corrected chi connectivity index (χ1v) is 6.57. The van der Waals surface area contributed by atoms with Crippen molar-refractivity contribution in [3.8, 4) is 5.75 Å². The SMILES string of the molecule is CC(C)Oc1ccc(C(N)CN2C(=O)CNC2=O)cc1. The number of ether oxygens (including phenoxy) is 1. The number of urea groups is 1. The monoisotopic (exact) mass is 277 g/mol. The van der Waals surface area contributed by atoms with Crippen LogP contribution in [0.4, 0.5) is 4.79 Å². The zero-order valence-electron chi connectivity index (χ0n) is 11.6. The fourth-order valence-corrected chi connectivity index (χ4v) is 2.01. The van der Waals surface area contributed by atoms with E-state index < -0.39 is 6.04 Å². The molecule has 6 heteroatoms. The zero-order valence-corrected chi connectivity index (χ0v) is 11.6. The second kappa shape index (κ2) is 5.92. The molecule has 1 unspecified atom stereocenters. The van der Waals surface area contributed by atoms with Crippen LogP contribution in [0, 0.1) is 0 Å². The molecule has 0 aromatic heterocycles. The van der Waals surface area contributed by atoms with Crippen molar-refractivity contribution in [1.29, 1.82) is 0 Å². The summed E-state index contributed by atoms with van der Waals surface area (Å²) in [5.41, 5.74) is 6.89. The summed E-state index contributed by atoms with van der Waals surface area (Å²) in [6, 6.07) is 6.57. The Labute approximate surface area is 117 Å². The summed E-state index contributed by atoms with van der Waals surface area (Å²) >= 11 is 0. The van der Waals surface area contributed by atoms with Gasteiger partial charge >= 0.3 is 6.03 Å². The molecule has 1 aliphatic rings. The van der Waals surface area contributed by atoms with Gasteiger partial charge in [-0.05, 0) is 31.5 Å². The van der Waals surface area contributed by atoms with E-state index >= 15 is 0 Å². The number of imide groups is 1. The first kappa shape index (κ1) is 14.3. The van der Waals surface area contributed by atoms with E-state index in [-0.39, 0.29) is 31.1 Å². The lowest BCUT2D eigenvalue weighted by molar-refractivity contribution is -0.125. The minimum absolute atomic E-state index is 0.0483. The Morgan fingerprint density at radius 3 is 2.45 bits per heavy atom. The minimum atomic E-state index is -0.407. The lowest BCUT2D eigenvalue weighted by Crippen LogP contribution is -2.37. The third-order valence-electron chi connectivity index (χ3n) is 3.00. The van der Waals surface area contributed by atoms with Crippen molar-refractivity contribution in [3.63, 3.8) is 0 Å². The fraction of sp³-hybridized carbons (Fsp3) is 0.429. The van der Waals surface area contributed by atoms with Gasteiger partial charge in [-0.3, -0.25) is 9.69 Å². The van der Waals surface area contributed by atoms with Crippen LogP contribution in [0.2, 0.25) is 0 Å². The highest BCUT2D eigenvalue weighted by atomic mass is 16.5. The summed E-state index contributed by atoms with van der Waals surface area (Å²) in [6.07, 6.45) is 0.112. The van der Waals surface area contributed by atoms with Crippen LogP contribution in [0.25, 0.3) is 0 Å². The average Bonchev–Trinajstić information content (AvgIpc) is 2.70. The number of nitrogens with one attached hydrogen (secondary N) is 1. The molecule has 1 fully saturated rings. The van der Waals surface area contributed by atoms with E-state index in [1.165, 1.54) is 0 Å². The van der Waals surface area contributed by atoms with Crippen molar-refractivity contribution in [1.82, 2.24) is 10.2 Å². The van der Waals surface area contributed by atoms with E-state index in [0.29, 0.717) is 0 Å². The standard InChI is InChI=1S/C14H19N3O3/c1-9(2)20-11-5-3-10(4-6-11)12(15)8-17-13(18)7-16-14(17)19/h3-6,9,12H,7-8,15H2,1-2H3,(H,16,19). The topological polar surface area (TPSA) is 84.7 Å². The highest BCUT2D eigenvalue weighted by molar-refractivity contribution is 6.01. The molecule has 0 aliphatic carbocycles. The van der Waals surface area contributed by atoms with Crippen molar-refractivity contribution >= 4 is 11.9 Å². The normalized spacial score (nSPS) is 16.5. The minimum Gasteiger partial charge on any atom is -0.491 e. The number of nitrogens with two attached hydrogens (primary N) is 1. The van der Waals surface area contributed by atoms with E-state index in [0.717, 1.165) is 16.2 Å². The van der Waals surface area contributed by atoms with Gasteiger partial charge in [-0.1, -0.05) is 12.1 Å². The Morgan fingerprint density at radius 1 is 1.30 bits per heavy atom. The van der Waals surface area contributed by atoms with Gasteiger partial charge in [0.25, 0.3) is 0 Å². The van der Waals surface area contributed by atoms with Gasteiger partial charge in [-0.25, -0.2) is 4.79 Å². The van der Waals surface area contributed by atoms with Crippen LogP contribution in [-0.4, -0.2) is 36.0 Å². The Morgan fingerprint density at radius 2 is 1.95 bits per heavy atom. The summed E-state index contributed by atoms with van der Waals surface area (Å²) in [7, 11) is 0. The van der Waals surface area contributed by atoms with E-state index in [1.54, 1.807) is 0 Å². The number of carbonyl (C=O) groups is 2. The van der Waals surface area contributed by atoms with Gasteiger partial charge in [0.05, 0.1) is 12.6 Å². The molecule has 3 amide bonds. The molecule has 1 aliphatic heterocycles. The van der Waals surface area contributed by atoms with Gasteiger partial charge in [-0.15, -0.1) is 0 Å². The molecule has 1 aromatic rings. The molecular formula is C14H19N3O3. The summed E-state index contributed by atoms with van der Waals surface area (Å²) in [5, 5.41) is 2.47. The molecule has 1 atom stereocenters. The summed E-state index contributed by atoms with van der Waals surface area (Å²) in [5.74, 6) is 0.524. The molecule has 0 spiro atoms. The Kier molecular flexibility index (Phi) is 4.24. The van der Waals surface area contributed by atoms with Crippen molar-refractivity contribution < 1.29 is 14.3 Å². The van der Waals surface area contributed by atoms with Crippen molar-refractivity contribution in [2.45, 2.75) is 26.0 Å². The number of hydrogen-bond acceptors (Lipinski definition) is 4. The van der Waals surface area contributed by atoms with Gasteiger partial charge in [0, 0.05) is 12.6 Å². The quantitative estimate of drug-likeness (QED) is 0.787. The third-order valence-corrected chi connectivity index (χ3v) is 3.00. The molecule has 108 valence electrons. The third kappa shape index (κ3) is 3.27. The van der Waals surface area contributed by atoms with Gasteiger partial charge in [0.15, 0.2) is 0 Å². The van der Waals surface area contributed by atoms with Crippen LogP contribution in [0.15, 0.2) is 24.3 Å². The van der Waals surface area contributed by atoms with E-state index in [4.69, 9.17) is 10.5 Å². The van der Waals surface area contributed by atoms with E-state index in [1.807, 2.05) is 38.1 Å². The lowest BCUT2D eigenvalue weighted by Gasteiger charge is -2.19. The predicted molar refractivity (Wildman–Crippen MR) is 74.2 cm³/mol. The lowest BCUT2D eigenvalue weighted by atomic mass is 10.1. The maximum atomic E-state index is 11.5. The summed E-state index contributed by atoms with van der Waals surface area (Å²) in [4.78, 5) is 24.1. The van der Waals surface area contributed by atoms with Crippen LogP contribution in [0.1, 0.15) is 25.5 Å². The van der Waals surface area contributed by atoms with Gasteiger partial charge < -0.3 is 15.8 Å². The first-order valence-electron chi connectivity index (χ1n) is 6.57. The van der Waals surface area contributed by atoms with Crippen molar-refractivity contribution in [3.05, 3.63) is 29.8 Å². The number of carbonyl (C=O) groups excluding carboxylic acids is 2. The largest absolute Gasteiger partial charge is 0.491 e. The van der Waals surface area contributed by atoms with Crippen molar-refractivity contribution in [2.24, 2.45) is 5.73 Å². The highest BCUT2D eigenvalue weighted by Crippen LogP contribution is 2.19. The van der Waals surface area contributed by atoms with Crippen LogP contribution < -0.4 is 15.8 Å². The van der Waals surface area contributed by atoms with Gasteiger partial charge in [0.2, 0.25) is 5.91 Å². The molecule has 3 N–H and O–H groups in total. The Balaban J connectivity index is 2.00. The second-order valence-electron chi connectivity index (χ2n) is 5.01. The first-order chi connectivity index (χ1) is 9.47. The number of hydrogen-bond donors (Lipinski definition) is 2. The van der Waals surface area contributed by atoms with Crippen LogP contribution in [-0.2, 0) is 4.79 Å². The Hall–Kier alpha value is -2.08. The zero-order chi connectivity index (χ0) is 14.7. The molecule has 20 heavy (non-hydrogen) atoms. The molecule has 0 bridgehead atoms. The molecule has 1 saturated heterocycles. The number of rotatable bonds is 5. The molecular weight excluding hydrogens is 258 g/mol. The predicted octanol–water partition coefficient (Wildman–Crippen LogP) is 1.03.